The van der Waals surface area contributed by atoms with Crippen molar-refractivity contribution < 1.29 is 22.7 Å². The van der Waals surface area contributed by atoms with E-state index in [-0.39, 0.29) is 28.6 Å². The molecule has 0 saturated heterocycles. The van der Waals surface area contributed by atoms with Gasteiger partial charge in [-0.15, -0.1) is 0 Å². The Kier molecular flexibility index (Phi) is 6.70. The third-order valence-electron chi connectivity index (χ3n) is 6.59. The van der Waals surface area contributed by atoms with E-state index in [1.54, 1.807) is 6.07 Å². The molecule has 1 amide bonds. The van der Waals surface area contributed by atoms with Crippen molar-refractivity contribution in [3.05, 3.63) is 69.1 Å². The number of hydrogen-bond acceptors (Lipinski definition) is 5. The summed E-state index contributed by atoms with van der Waals surface area (Å²) in [4.78, 5) is 35.7. The number of nitrogens with one attached hydrogen (secondary N) is 2. The van der Waals surface area contributed by atoms with Gasteiger partial charge in [0.15, 0.2) is 5.82 Å². The molecule has 1 saturated carbocycles. The third kappa shape index (κ3) is 5.01. The van der Waals surface area contributed by atoms with Crippen LogP contribution < -0.4 is 11.0 Å². The summed E-state index contributed by atoms with van der Waals surface area (Å²) >= 11 is 6.35. The van der Waals surface area contributed by atoms with Crippen LogP contribution >= 0.6 is 11.6 Å². The van der Waals surface area contributed by atoms with Crippen LogP contribution in [0.25, 0.3) is 22.8 Å². The lowest BCUT2D eigenvalue weighted by molar-refractivity contribution is -0.253. The average Bonchev–Trinajstić information content (AvgIpc) is 3.60. The van der Waals surface area contributed by atoms with Gasteiger partial charge < -0.3 is 10.1 Å². The highest BCUT2D eigenvalue weighted by Crippen LogP contribution is 2.48. The highest BCUT2D eigenvalue weighted by atomic mass is 35.5. The van der Waals surface area contributed by atoms with Gasteiger partial charge in [0.25, 0.3) is 5.91 Å². The van der Waals surface area contributed by atoms with Crippen molar-refractivity contribution in [3.63, 3.8) is 0 Å². The van der Waals surface area contributed by atoms with Crippen LogP contribution in [0, 0.1) is 0 Å². The highest BCUT2D eigenvalue weighted by Gasteiger charge is 2.57. The molecule has 0 aliphatic heterocycles. The summed E-state index contributed by atoms with van der Waals surface area (Å²) in [5.41, 5.74) is -0.919. The lowest BCUT2D eigenvalue weighted by Gasteiger charge is -2.29. The molecule has 0 radical (unpaired) electrons. The predicted molar refractivity (Wildman–Crippen MR) is 128 cm³/mol. The number of methoxy groups -OCH3 is 1. The number of H-pyrrole nitrogens is 1. The van der Waals surface area contributed by atoms with E-state index in [0.717, 1.165) is 25.5 Å². The van der Waals surface area contributed by atoms with Crippen LogP contribution in [-0.2, 0) is 21.5 Å². The third-order valence-corrected chi connectivity index (χ3v) is 6.92. The number of benzene rings is 2. The average molecular weight is 521 g/mol. The molecular formula is C25H24ClF3N4O3. The van der Waals surface area contributed by atoms with E-state index in [0.29, 0.717) is 23.6 Å². The molecule has 2 N–H and O–H groups in total. The first-order valence-corrected chi connectivity index (χ1v) is 11.5. The first kappa shape index (κ1) is 25.8. The van der Waals surface area contributed by atoms with E-state index >= 15 is 0 Å². The van der Waals surface area contributed by atoms with Gasteiger partial charge in [0.2, 0.25) is 5.60 Å². The second kappa shape index (κ2) is 9.33. The Morgan fingerprint density at radius 2 is 1.92 bits per heavy atom. The van der Waals surface area contributed by atoms with E-state index in [2.05, 4.69) is 31.9 Å². The number of amides is 1. The zero-order valence-electron chi connectivity index (χ0n) is 19.8. The molecule has 4 rings (SSSR count). The van der Waals surface area contributed by atoms with Crippen molar-refractivity contribution in [2.45, 2.75) is 50.4 Å². The Morgan fingerprint density at radius 1 is 1.19 bits per heavy atom. The fraction of sp³-hybridized carbons (Fsp3) is 0.360. The second-order valence-electron chi connectivity index (χ2n) is 9.20. The molecule has 1 aliphatic carbocycles. The van der Waals surface area contributed by atoms with Crippen LogP contribution in [0.2, 0.25) is 5.02 Å². The van der Waals surface area contributed by atoms with Gasteiger partial charge in [-0.3, -0.25) is 9.78 Å². The van der Waals surface area contributed by atoms with Gasteiger partial charge in [-0.2, -0.15) is 18.2 Å². The molecule has 3 aromatic rings. The molecule has 1 aromatic heterocycles. The topological polar surface area (TPSA) is 97.0 Å². The lowest BCUT2D eigenvalue weighted by atomic mass is 9.96. The fourth-order valence-corrected chi connectivity index (χ4v) is 3.91. The Balaban J connectivity index is 1.62. The predicted octanol–water partition coefficient (Wildman–Crippen LogP) is 4.79. The molecule has 0 bridgehead atoms. The van der Waals surface area contributed by atoms with E-state index in [9.17, 15) is 22.8 Å². The molecule has 1 fully saturated rings. The van der Waals surface area contributed by atoms with Crippen LogP contribution in [0.15, 0.2) is 47.3 Å². The van der Waals surface area contributed by atoms with Crippen LogP contribution in [0.3, 0.4) is 0 Å². The van der Waals surface area contributed by atoms with Gasteiger partial charge in [0.05, 0.1) is 5.02 Å². The van der Waals surface area contributed by atoms with E-state index in [1.165, 1.54) is 12.1 Å². The van der Waals surface area contributed by atoms with E-state index in [4.69, 9.17) is 11.6 Å². The molecule has 36 heavy (non-hydrogen) atoms. The van der Waals surface area contributed by atoms with Crippen LogP contribution in [0.4, 0.5) is 13.2 Å². The zero-order chi connectivity index (χ0) is 26.3. The standard InChI is InChI=1S/C25H24ClF3N4O3/c1-23(9-10-23)16-6-4-5-15(12-16)19-31-20(33-22(35)32-19)17-11-14(7-8-18(17)26)13-30-21(34)24(2,36-3)25(27,28)29/h4-8,11-12H,9-10,13H2,1-3H3,(H,30,34)(H,31,32,33,35). The molecule has 2 aromatic carbocycles. The summed E-state index contributed by atoms with van der Waals surface area (Å²) in [5, 5.41) is 2.49. The lowest BCUT2D eigenvalue weighted by Crippen LogP contribution is -2.55. The van der Waals surface area contributed by atoms with Gasteiger partial charge >= 0.3 is 11.9 Å². The number of carbonyl (C=O) groups is 1. The Labute approximate surface area is 210 Å². The zero-order valence-corrected chi connectivity index (χ0v) is 20.5. The number of alkyl halides is 3. The molecule has 190 valence electrons. The van der Waals surface area contributed by atoms with Gasteiger partial charge in [0, 0.05) is 24.8 Å². The minimum atomic E-state index is -4.90. The number of aromatic amines is 1. The van der Waals surface area contributed by atoms with E-state index < -0.39 is 23.4 Å². The molecule has 1 atom stereocenters. The number of aromatic nitrogens is 3. The number of carbonyl (C=O) groups excluding carboxylic acids is 1. The Morgan fingerprint density at radius 3 is 2.56 bits per heavy atom. The number of rotatable bonds is 7. The van der Waals surface area contributed by atoms with Crippen LogP contribution in [0.1, 0.15) is 37.8 Å². The maximum atomic E-state index is 13.3. The molecule has 11 heteroatoms. The monoisotopic (exact) mass is 520 g/mol. The molecule has 1 unspecified atom stereocenters. The molecule has 0 spiro atoms. The number of halogens is 4. The minimum absolute atomic E-state index is 0.118. The quantitative estimate of drug-likeness (QED) is 0.467. The number of hydrogen-bond donors (Lipinski definition) is 2. The number of nitrogens with zero attached hydrogens (tertiary/aromatic N) is 2. The van der Waals surface area contributed by atoms with Crippen molar-refractivity contribution in [2.75, 3.05) is 7.11 Å². The van der Waals surface area contributed by atoms with Crippen molar-refractivity contribution in [1.29, 1.82) is 0 Å². The summed E-state index contributed by atoms with van der Waals surface area (Å²) in [6, 6.07) is 12.3. The summed E-state index contributed by atoms with van der Waals surface area (Å²) in [7, 11) is 0.817. The Bertz CT molecular complexity index is 1370. The van der Waals surface area contributed by atoms with Gasteiger partial charge in [-0.1, -0.05) is 42.8 Å². The van der Waals surface area contributed by atoms with Crippen LogP contribution in [-0.4, -0.2) is 39.7 Å². The largest absolute Gasteiger partial charge is 0.426 e. The summed E-state index contributed by atoms with van der Waals surface area (Å²) in [6.45, 7) is 2.59. The SMILES string of the molecule is COC(C)(C(=O)NCc1ccc(Cl)c(-c2nc(-c3cccc(C4(C)CC4)c3)nc(=O)[nH]2)c1)C(F)(F)F. The van der Waals surface area contributed by atoms with Crippen molar-refractivity contribution in [3.8, 4) is 22.8 Å². The normalized spacial score (nSPS) is 16.3. The molecular weight excluding hydrogens is 497 g/mol. The summed E-state index contributed by atoms with van der Waals surface area (Å²) < 4.78 is 44.3. The summed E-state index contributed by atoms with van der Waals surface area (Å²) in [6.07, 6.45) is -2.73. The molecule has 7 nitrogen and oxygen atoms in total. The highest BCUT2D eigenvalue weighted by molar-refractivity contribution is 6.33. The van der Waals surface area contributed by atoms with Gasteiger partial charge in [0.1, 0.15) is 5.82 Å². The Hall–Kier alpha value is -3.24. The van der Waals surface area contributed by atoms with Gasteiger partial charge in [-0.05, 0) is 54.5 Å². The van der Waals surface area contributed by atoms with Crippen molar-refractivity contribution >= 4 is 17.5 Å². The van der Waals surface area contributed by atoms with Gasteiger partial charge in [-0.25, -0.2) is 9.78 Å². The van der Waals surface area contributed by atoms with Crippen LogP contribution in [0.5, 0.6) is 0 Å². The molecule has 1 heterocycles. The smallest absolute Gasteiger partial charge is 0.361 e. The summed E-state index contributed by atoms with van der Waals surface area (Å²) in [5.74, 6) is -0.977. The van der Waals surface area contributed by atoms with Crippen molar-refractivity contribution in [2.24, 2.45) is 0 Å². The first-order chi connectivity index (χ1) is 16.9. The number of ether oxygens (including phenoxy) is 1. The maximum Gasteiger partial charge on any atom is 0.426 e. The van der Waals surface area contributed by atoms with Crippen molar-refractivity contribution in [1.82, 2.24) is 20.3 Å². The second-order valence-corrected chi connectivity index (χ2v) is 9.61. The van der Waals surface area contributed by atoms with E-state index in [1.807, 2.05) is 24.3 Å². The molecule has 1 aliphatic rings. The minimum Gasteiger partial charge on any atom is -0.361 e. The fourth-order valence-electron chi connectivity index (χ4n) is 3.70. The maximum absolute atomic E-state index is 13.3. The first-order valence-electron chi connectivity index (χ1n) is 11.1.